The molecule has 0 spiro atoms. The molecule has 2 N–H and O–H groups in total. The van der Waals surface area contributed by atoms with Gasteiger partial charge < -0.3 is 10.6 Å². The Bertz CT molecular complexity index is 886. The van der Waals surface area contributed by atoms with Gasteiger partial charge in [0.2, 0.25) is 11.8 Å². The van der Waals surface area contributed by atoms with E-state index in [4.69, 9.17) is 0 Å². The minimum atomic E-state index is -0.174. The van der Waals surface area contributed by atoms with Gasteiger partial charge in [-0.05, 0) is 28.3 Å². The molecule has 2 amide bonds. The minimum absolute atomic E-state index is 0.00160. The predicted octanol–water partition coefficient (Wildman–Crippen LogP) is 2.86. The highest BCUT2D eigenvalue weighted by atomic mass is 16.2. The summed E-state index contributed by atoms with van der Waals surface area (Å²) in [7, 11) is 0. The molecule has 26 heavy (non-hydrogen) atoms. The van der Waals surface area contributed by atoms with E-state index < -0.39 is 0 Å². The zero-order valence-electron chi connectivity index (χ0n) is 14.6. The van der Waals surface area contributed by atoms with Crippen LogP contribution in [0.25, 0.3) is 10.8 Å². The van der Waals surface area contributed by atoms with E-state index in [2.05, 4.69) is 10.6 Å². The van der Waals surface area contributed by atoms with Gasteiger partial charge in [-0.15, -0.1) is 0 Å². The maximum atomic E-state index is 12.2. The van der Waals surface area contributed by atoms with Gasteiger partial charge >= 0.3 is 0 Å². The first-order chi connectivity index (χ1) is 12.7. The van der Waals surface area contributed by atoms with Gasteiger partial charge in [0.1, 0.15) is 0 Å². The van der Waals surface area contributed by atoms with E-state index in [-0.39, 0.29) is 24.8 Å². The fraction of sp³-hybridized carbons (Fsp3) is 0.182. The monoisotopic (exact) mass is 346 g/mol. The average Bonchev–Trinajstić information content (AvgIpc) is 2.67. The lowest BCUT2D eigenvalue weighted by atomic mass is 10.0. The summed E-state index contributed by atoms with van der Waals surface area (Å²) in [5.74, 6) is -0.327. The summed E-state index contributed by atoms with van der Waals surface area (Å²) < 4.78 is 0. The number of rotatable bonds is 7. The standard InChI is InChI=1S/C22H22N2O2/c25-21(15-19-11-6-10-18-9-4-5-12-20(18)19)24-16-22(26)23-14-13-17-7-2-1-3-8-17/h1-12H,13-16H2,(H,23,26)(H,24,25). The first-order valence-electron chi connectivity index (χ1n) is 8.76. The highest BCUT2D eigenvalue weighted by molar-refractivity contribution is 5.91. The van der Waals surface area contributed by atoms with Crippen molar-refractivity contribution in [1.82, 2.24) is 10.6 Å². The molecule has 0 saturated heterocycles. The zero-order chi connectivity index (χ0) is 18.2. The number of carbonyl (C=O) groups is 2. The molecule has 0 radical (unpaired) electrons. The molecule has 3 rings (SSSR count). The zero-order valence-corrected chi connectivity index (χ0v) is 14.6. The molecule has 0 fully saturated rings. The number of benzene rings is 3. The van der Waals surface area contributed by atoms with Crippen molar-refractivity contribution in [3.63, 3.8) is 0 Å². The highest BCUT2D eigenvalue weighted by Gasteiger charge is 2.08. The van der Waals surface area contributed by atoms with Gasteiger partial charge in [-0.3, -0.25) is 9.59 Å². The van der Waals surface area contributed by atoms with Gasteiger partial charge in [0.25, 0.3) is 0 Å². The van der Waals surface area contributed by atoms with E-state index in [0.29, 0.717) is 6.54 Å². The molecule has 0 aromatic heterocycles. The van der Waals surface area contributed by atoms with Gasteiger partial charge in [0, 0.05) is 6.54 Å². The Morgan fingerprint density at radius 1 is 0.731 bits per heavy atom. The summed E-state index contributed by atoms with van der Waals surface area (Å²) in [5, 5.41) is 7.69. The SMILES string of the molecule is O=C(CNC(=O)Cc1cccc2ccccc12)NCCc1ccccc1. The molecule has 4 heteroatoms. The Kier molecular flexibility index (Phi) is 5.99. The van der Waals surface area contributed by atoms with Crippen molar-refractivity contribution in [2.45, 2.75) is 12.8 Å². The first kappa shape index (κ1) is 17.7. The van der Waals surface area contributed by atoms with Crippen LogP contribution in [-0.4, -0.2) is 24.9 Å². The smallest absolute Gasteiger partial charge is 0.239 e. The Hall–Kier alpha value is -3.14. The van der Waals surface area contributed by atoms with Crippen LogP contribution in [0.5, 0.6) is 0 Å². The highest BCUT2D eigenvalue weighted by Crippen LogP contribution is 2.18. The van der Waals surface area contributed by atoms with Crippen molar-refractivity contribution in [2.24, 2.45) is 0 Å². The Morgan fingerprint density at radius 3 is 2.31 bits per heavy atom. The minimum Gasteiger partial charge on any atom is -0.354 e. The molecule has 4 nitrogen and oxygen atoms in total. The van der Waals surface area contributed by atoms with Crippen molar-refractivity contribution in [1.29, 1.82) is 0 Å². The molecule has 3 aromatic rings. The van der Waals surface area contributed by atoms with Crippen LogP contribution in [0.3, 0.4) is 0 Å². The Balaban J connectivity index is 1.44. The normalized spacial score (nSPS) is 10.5. The lowest BCUT2D eigenvalue weighted by Crippen LogP contribution is -2.38. The summed E-state index contributed by atoms with van der Waals surface area (Å²) >= 11 is 0. The quantitative estimate of drug-likeness (QED) is 0.691. The van der Waals surface area contributed by atoms with Gasteiger partial charge in [0.05, 0.1) is 13.0 Å². The number of hydrogen-bond acceptors (Lipinski definition) is 2. The van der Waals surface area contributed by atoms with E-state index in [9.17, 15) is 9.59 Å². The molecular weight excluding hydrogens is 324 g/mol. The van der Waals surface area contributed by atoms with Crippen LogP contribution in [0.4, 0.5) is 0 Å². The third-order valence-corrected chi connectivity index (χ3v) is 4.26. The van der Waals surface area contributed by atoms with Crippen LogP contribution in [0.15, 0.2) is 72.8 Å². The van der Waals surface area contributed by atoms with Gasteiger partial charge in [0.15, 0.2) is 0 Å². The third-order valence-electron chi connectivity index (χ3n) is 4.26. The van der Waals surface area contributed by atoms with Crippen LogP contribution in [-0.2, 0) is 22.4 Å². The summed E-state index contributed by atoms with van der Waals surface area (Å²) in [6.07, 6.45) is 1.04. The van der Waals surface area contributed by atoms with Crippen LogP contribution >= 0.6 is 0 Å². The van der Waals surface area contributed by atoms with E-state index in [1.54, 1.807) is 0 Å². The van der Waals surface area contributed by atoms with E-state index in [1.165, 1.54) is 5.56 Å². The largest absolute Gasteiger partial charge is 0.354 e. The maximum Gasteiger partial charge on any atom is 0.239 e. The van der Waals surface area contributed by atoms with Crippen LogP contribution < -0.4 is 10.6 Å². The molecule has 132 valence electrons. The van der Waals surface area contributed by atoms with Gasteiger partial charge in [-0.1, -0.05) is 72.8 Å². The molecule has 0 aliphatic heterocycles. The summed E-state index contributed by atoms with van der Waals surface area (Å²) in [6.45, 7) is 0.556. The summed E-state index contributed by atoms with van der Waals surface area (Å²) in [6, 6.07) is 23.9. The van der Waals surface area contributed by atoms with Gasteiger partial charge in [-0.2, -0.15) is 0 Å². The van der Waals surface area contributed by atoms with Crippen LogP contribution in [0.1, 0.15) is 11.1 Å². The number of amides is 2. The molecule has 0 bridgehead atoms. The molecule has 0 saturated carbocycles. The molecule has 0 heterocycles. The predicted molar refractivity (Wildman–Crippen MR) is 104 cm³/mol. The van der Waals surface area contributed by atoms with Crippen molar-refractivity contribution in [3.8, 4) is 0 Å². The van der Waals surface area contributed by atoms with E-state index in [0.717, 1.165) is 22.8 Å². The Labute approximate surface area is 153 Å². The van der Waals surface area contributed by atoms with Crippen molar-refractivity contribution >= 4 is 22.6 Å². The third kappa shape index (κ3) is 4.93. The molecule has 3 aromatic carbocycles. The van der Waals surface area contributed by atoms with E-state index >= 15 is 0 Å². The number of fused-ring (bicyclic) bond motifs is 1. The average molecular weight is 346 g/mol. The fourth-order valence-corrected chi connectivity index (χ4v) is 2.91. The lowest BCUT2D eigenvalue weighted by Gasteiger charge is -2.09. The van der Waals surface area contributed by atoms with Crippen LogP contribution in [0.2, 0.25) is 0 Å². The first-order valence-corrected chi connectivity index (χ1v) is 8.76. The second-order valence-corrected chi connectivity index (χ2v) is 6.18. The molecule has 0 aliphatic carbocycles. The molecule has 0 atom stereocenters. The number of hydrogen-bond donors (Lipinski definition) is 2. The van der Waals surface area contributed by atoms with Crippen molar-refractivity contribution < 1.29 is 9.59 Å². The van der Waals surface area contributed by atoms with Crippen molar-refractivity contribution in [2.75, 3.05) is 13.1 Å². The fourth-order valence-electron chi connectivity index (χ4n) is 2.91. The van der Waals surface area contributed by atoms with Crippen molar-refractivity contribution in [3.05, 3.63) is 83.9 Å². The maximum absolute atomic E-state index is 12.2. The number of nitrogens with one attached hydrogen (secondary N) is 2. The van der Waals surface area contributed by atoms with Gasteiger partial charge in [-0.25, -0.2) is 0 Å². The summed E-state index contributed by atoms with van der Waals surface area (Å²) in [4.78, 5) is 24.0. The second kappa shape index (κ2) is 8.81. The summed E-state index contributed by atoms with van der Waals surface area (Å²) in [5.41, 5.74) is 2.14. The number of carbonyl (C=O) groups excluding carboxylic acids is 2. The Morgan fingerprint density at radius 2 is 1.46 bits per heavy atom. The lowest BCUT2D eigenvalue weighted by molar-refractivity contribution is -0.125. The van der Waals surface area contributed by atoms with Crippen LogP contribution in [0, 0.1) is 0 Å². The topological polar surface area (TPSA) is 58.2 Å². The second-order valence-electron chi connectivity index (χ2n) is 6.18. The van der Waals surface area contributed by atoms with E-state index in [1.807, 2.05) is 72.8 Å². The molecule has 0 aliphatic rings. The molecular formula is C22H22N2O2. The molecule has 0 unspecified atom stereocenters.